The third-order valence-electron chi connectivity index (χ3n) is 2.86. The second kappa shape index (κ2) is 5.76. The second-order valence-corrected chi connectivity index (χ2v) is 4.39. The zero-order chi connectivity index (χ0) is 15.6. The molecule has 0 radical (unpaired) electrons. The highest BCUT2D eigenvalue weighted by molar-refractivity contribution is 5.97. The number of hydrogen-bond acceptors (Lipinski definition) is 7. The summed E-state index contributed by atoms with van der Waals surface area (Å²) in [6.45, 7) is 0.809. The normalized spacial score (nSPS) is 10.6. The number of ketones is 1. The topological polar surface area (TPSA) is 120 Å². The van der Waals surface area contributed by atoms with Gasteiger partial charge in [0.1, 0.15) is 23.5 Å². The Labute approximate surface area is 118 Å². The quantitative estimate of drug-likeness (QED) is 0.483. The Morgan fingerprint density at radius 1 is 1.33 bits per heavy atom. The second-order valence-electron chi connectivity index (χ2n) is 4.39. The molecule has 1 aromatic heterocycles. The number of aromatic hydroxyl groups is 1. The van der Waals surface area contributed by atoms with E-state index in [4.69, 9.17) is 14.9 Å². The smallest absolute Gasteiger partial charge is 0.347 e. The van der Waals surface area contributed by atoms with Gasteiger partial charge < -0.3 is 20.0 Å². The Kier molecular flexibility index (Phi) is 4.04. The minimum absolute atomic E-state index is 0.101. The van der Waals surface area contributed by atoms with Gasteiger partial charge in [-0.1, -0.05) is 0 Å². The first-order valence-corrected chi connectivity index (χ1v) is 6.08. The SMILES string of the molecule is CC(=O)c1cc2c(COC(=O)CN)cc(O)cc2oc1=O. The number of phenolic OH excluding ortho intramolecular Hbond substituents is 1. The summed E-state index contributed by atoms with van der Waals surface area (Å²) < 4.78 is 9.90. The highest BCUT2D eigenvalue weighted by Crippen LogP contribution is 2.25. The molecule has 7 heteroatoms. The minimum atomic E-state index is -0.787. The van der Waals surface area contributed by atoms with Crippen LogP contribution in [-0.4, -0.2) is 23.4 Å². The number of fused-ring (bicyclic) bond motifs is 1. The summed E-state index contributed by atoms with van der Waals surface area (Å²) in [5, 5.41) is 10.0. The van der Waals surface area contributed by atoms with E-state index in [0.29, 0.717) is 10.9 Å². The van der Waals surface area contributed by atoms with Crippen LogP contribution >= 0.6 is 0 Å². The fourth-order valence-corrected chi connectivity index (χ4v) is 1.86. The van der Waals surface area contributed by atoms with E-state index < -0.39 is 17.4 Å². The maximum atomic E-state index is 11.6. The summed E-state index contributed by atoms with van der Waals surface area (Å²) in [6, 6.07) is 3.96. The van der Waals surface area contributed by atoms with Crippen LogP contribution in [0, 0.1) is 0 Å². The van der Waals surface area contributed by atoms with Crippen LogP contribution in [0.4, 0.5) is 0 Å². The van der Waals surface area contributed by atoms with Crippen molar-refractivity contribution in [3.8, 4) is 5.75 Å². The number of phenols is 1. The fourth-order valence-electron chi connectivity index (χ4n) is 1.86. The van der Waals surface area contributed by atoms with Crippen molar-refractivity contribution in [3.63, 3.8) is 0 Å². The first-order valence-electron chi connectivity index (χ1n) is 6.08. The third kappa shape index (κ3) is 3.09. The molecule has 0 aliphatic heterocycles. The molecule has 0 saturated carbocycles. The summed E-state index contributed by atoms with van der Waals surface area (Å²) in [5.74, 6) is -1.21. The van der Waals surface area contributed by atoms with E-state index >= 15 is 0 Å². The molecule has 3 N–H and O–H groups in total. The van der Waals surface area contributed by atoms with E-state index in [1.165, 1.54) is 25.1 Å². The number of ether oxygens (including phenoxy) is 1. The largest absolute Gasteiger partial charge is 0.508 e. The van der Waals surface area contributed by atoms with E-state index in [1.807, 2.05) is 0 Å². The van der Waals surface area contributed by atoms with Crippen molar-refractivity contribution in [2.75, 3.05) is 6.54 Å². The molecule has 110 valence electrons. The van der Waals surface area contributed by atoms with Crippen LogP contribution < -0.4 is 11.4 Å². The summed E-state index contributed by atoms with van der Waals surface area (Å²) >= 11 is 0. The predicted octanol–water partition coefficient (Wildman–Crippen LogP) is 0.703. The van der Waals surface area contributed by atoms with E-state index in [-0.39, 0.29) is 30.0 Å². The molecule has 0 fully saturated rings. The van der Waals surface area contributed by atoms with Gasteiger partial charge in [-0.3, -0.25) is 9.59 Å². The van der Waals surface area contributed by atoms with Crippen LogP contribution in [0.15, 0.2) is 27.4 Å². The van der Waals surface area contributed by atoms with E-state index in [0.717, 1.165) is 0 Å². The summed E-state index contributed by atoms with van der Waals surface area (Å²) in [5.41, 5.74) is 4.74. The molecule has 21 heavy (non-hydrogen) atoms. The van der Waals surface area contributed by atoms with Crippen LogP contribution in [0.1, 0.15) is 22.8 Å². The summed E-state index contributed by atoms with van der Waals surface area (Å²) in [4.78, 5) is 34.1. The van der Waals surface area contributed by atoms with E-state index in [1.54, 1.807) is 0 Å². The third-order valence-corrected chi connectivity index (χ3v) is 2.86. The molecule has 0 amide bonds. The van der Waals surface area contributed by atoms with Gasteiger partial charge in [0.15, 0.2) is 5.78 Å². The average molecular weight is 291 g/mol. The van der Waals surface area contributed by atoms with Crippen LogP contribution in [0.25, 0.3) is 11.0 Å². The van der Waals surface area contributed by atoms with Gasteiger partial charge in [-0.05, 0) is 19.1 Å². The molecule has 2 aromatic rings. The van der Waals surface area contributed by atoms with Crippen molar-refractivity contribution in [1.29, 1.82) is 0 Å². The molecule has 0 bridgehead atoms. The summed E-state index contributed by atoms with van der Waals surface area (Å²) in [6.07, 6.45) is 0. The number of rotatable bonds is 4. The van der Waals surface area contributed by atoms with Gasteiger partial charge in [0.2, 0.25) is 0 Å². The number of esters is 1. The van der Waals surface area contributed by atoms with Crippen molar-refractivity contribution >= 4 is 22.7 Å². The first kappa shape index (κ1) is 14.7. The van der Waals surface area contributed by atoms with Gasteiger partial charge in [0.25, 0.3) is 0 Å². The highest BCUT2D eigenvalue weighted by atomic mass is 16.5. The molecule has 0 aliphatic rings. The van der Waals surface area contributed by atoms with Crippen LogP contribution in [0.3, 0.4) is 0 Å². The Morgan fingerprint density at radius 2 is 2.05 bits per heavy atom. The van der Waals surface area contributed by atoms with Crippen molar-refractivity contribution in [2.24, 2.45) is 5.73 Å². The molecule has 0 aliphatic carbocycles. The van der Waals surface area contributed by atoms with E-state index in [9.17, 15) is 19.5 Å². The zero-order valence-corrected chi connectivity index (χ0v) is 11.2. The Morgan fingerprint density at radius 3 is 2.67 bits per heavy atom. The Hall–Kier alpha value is -2.67. The first-order chi connectivity index (χ1) is 9.92. The molecular formula is C14H13NO6. The van der Waals surface area contributed by atoms with Gasteiger partial charge in [-0.2, -0.15) is 0 Å². The van der Waals surface area contributed by atoms with Crippen molar-refractivity contribution < 1.29 is 23.8 Å². The van der Waals surface area contributed by atoms with Gasteiger partial charge in [-0.25, -0.2) is 4.79 Å². The molecule has 0 spiro atoms. The maximum Gasteiger partial charge on any atom is 0.347 e. The van der Waals surface area contributed by atoms with Crippen LogP contribution in [0.5, 0.6) is 5.75 Å². The van der Waals surface area contributed by atoms with Gasteiger partial charge in [0.05, 0.1) is 6.54 Å². The van der Waals surface area contributed by atoms with Gasteiger partial charge in [0, 0.05) is 17.0 Å². The monoisotopic (exact) mass is 291 g/mol. The lowest BCUT2D eigenvalue weighted by Gasteiger charge is -2.08. The number of hydrogen-bond donors (Lipinski definition) is 2. The van der Waals surface area contributed by atoms with Crippen molar-refractivity contribution in [3.05, 3.63) is 39.7 Å². The van der Waals surface area contributed by atoms with E-state index in [2.05, 4.69) is 0 Å². The van der Waals surface area contributed by atoms with Crippen LogP contribution in [0.2, 0.25) is 0 Å². The lowest BCUT2D eigenvalue weighted by Crippen LogP contribution is -2.16. The van der Waals surface area contributed by atoms with Gasteiger partial charge in [-0.15, -0.1) is 0 Å². The fraction of sp³-hybridized carbons (Fsp3) is 0.214. The molecule has 1 aromatic carbocycles. The van der Waals surface area contributed by atoms with Gasteiger partial charge >= 0.3 is 11.6 Å². The minimum Gasteiger partial charge on any atom is -0.508 e. The molecule has 0 unspecified atom stereocenters. The van der Waals surface area contributed by atoms with Crippen molar-refractivity contribution in [1.82, 2.24) is 0 Å². The lowest BCUT2D eigenvalue weighted by molar-refractivity contribution is -0.143. The standard InChI is InChI=1S/C14H13NO6/c1-7(16)10-4-11-8(6-20-13(18)5-15)2-9(17)3-12(11)21-14(10)19/h2-4,17H,5-6,15H2,1H3. The number of benzene rings is 1. The Bertz CT molecular complexity index is 777. The number of carbonyl (C=O) groups excluding carboxylic acids is 2. The molecule has 1 heterocycles. The zero-order valence-electron chi connectivity index (χ0n) is 11.2. The number of Topliss-reactive ketones (excluding diaryl/α,β-unsaturated/α-hetero) is 1. The predicted molar refractivity (Wildman–Crippen MR) is 73.0 cm³/mol. The van der Waals surface area contributed by atoms with Crippen LogP contribution in [-0.2, 0) is 16.1 Å². The molecular weight excluding hydrogens is 278 g/mol. The average Bonchev–Trinajstić information content (AvgIpc) is 2.42. The number of nitrogens with two attached hydrogens (primary N) is 1. The Balaban J connectivity index is 2.57. The molecule has 0 saturated heterocycles. The number of carbonyl (C=O) groups is 2. The molecule has 0 atom stereocenters. The molecule has 7 nitrogen and oxygen atoms in total. The summed E-state index contributed by atoms with van der Waals surface area (Å²) in [7, 11) is 0. The molecule has 2 rings (SSSR count). The highest BCUT2D eigenvalue weighted by Gasteiger charge is 2.14. The maximum absolute atomic E-state index is 11.6. The van der Waals surface area contributed by atoms with Crippen molar-refractivity contribution in [2.45, 2.75) is 13.5 Å². The lowest BCUT2D eigenvalue weighted by atomic mass is 10.1.